The molecule has 186 valence electrons. The first-order valence-electron chi connectivity index (χ1n) is 11.4. The third-order valence-electron chi connectivity index (χ3n) is 5.14. The molecule has 34 heavy (non-hydrogen) atoms. The summed E-state index contributed by atoms with van der Waals surface area (Å²) in [6.07, 6.45) is 1.69. The molecule has 2 aromatic rings. The third kappa shape index (κ3) is 6.19. The number of carbonyl (C=O) groups is 1. The standard InChI is InChI=1S/C24H32N2O7S/c1-4-12-32-20-9-7-19(17-22(20)33-13-5-2)25-24(27)18-6-8-21(30-3)23(16-18)34(28,29)26-10-14-31-15-11-26/h6-9,16-17H,4-5,10-15H2,1-3H3,(H,25,27). The molecule has 0 saturated carbocycles. The van der Waals surface area contributed by atoms with E-state index < -0.39 is 15.9 Å². The molecule has 1 aliphatic rings. The Hall–Kier alpha value is -2.82. The maximum absolute atomic E-state index is 13.2. The molecule has 1 saturated heterocycles. The smallest absolute Gasteiger partial charge is 0.255 e. The molecule has 0 unspecified atom stereocenters. The largest absolute Gasteiger partial charge is 0.495 e. The van der Waals surface area contributed by atoms with Gasteiger partial charge in [0.25, 0.3) is 5.91 Å². The van der Waals surface area contributed by atoms with Crippen molar-refractivity contribution < 1.29 is 32.2 Å². The molecular weight excluding hydrogens is 460 g/mol. The van der Waals surface area contributed by atoms with Gasteiger partial charge in [-0.2, -0.15) is 4.31 Å². The normalized spacial score (nSPS) is 14.4. The molecule has 1 aliphatic heterocycles. The van der Waals surface area contributed by atoms with E-state index in [1.54, 1.807) is 18.2 Å². The molecule has 3 rings (SSSR count). The van der Waals surface area contributed by atoms with Crippen LogP contribution in [0, 0.1) is 0 Å². The van der Waals surface area contributed by atoms with Gasteiger partial charge < -0.3 is 24.3 Å². The van der Waals surface area contributed by atoms with Crippen LogP contribution in [0.25, 0.3) is 0 Å². The number of nitrogens with one attached hydrogen (secondary N) is 1. The van der Waals surface area contributed by atoms with E-state index in [4.69, 9.17) is 18.9 Å². The van der Waals surface area contributed by atoms with Gasteiger partial charge in [-0.25, -0.2) is 8.42 Å². The Morgan fingerprint density at radius 3 is 2.26 bits per heavy atom. The van der Waals surface area contributed by atoms with Gasteiger partial charge in [-0.1, -0.05) is 13.8 Å². The minimum Gasteiger partial charge on any atom is -0.495 e. The molecule has 0 spiro atoms. The third-order valence-corrected chi connectivity index (χ3v) is 7.06. The molecule has 1 heterocycles. The van der Waals surface area contributed by atoms with Gasteiger partial charge in [-0.05, 0) is 43.2 Å². The fraction of sp³-hybridized carbons (Fsp3) is 0.458. The summed E-state index contributed by atoms with van der Waals surface area (Å²) >= 11 is 0. The Kier molecular flexibility index (Phi) is 9.14. The van der Waals surface area contributed by atoms with Crippen molar-refractivity contribution in [3.63, 3.8) is 0 Å². The molecule has 0 atom stereocenters. The monoisotopic (exact) mass is 492 g/mol. The van der Waals surface area contributed by atoms with Crippen LogP contribution in [0.2, 0.25) is 0 Å². The predicted octanol–water partition coefficient (Wildman–Crippen LogP) is 3.55. The van der Waals surface area contributed by atoms with Gasteiger partial charge in [0.1, 0.15) is 10.6 Å². The average molecular weight is 493 g/mol. The van der Waals surface area contributed by atoms with Gasteiger partial charge in [0.2, 0.25) is 10.0 Å². The lowest BCUT2D eigenvalue weighted by atomic mass is 10.2. The van der Waals surface area contributed by atoms with E-state index in [9.17, 15) is 13.2 Å². The van der Waals surface area contributed by atoms with Crippen LogP contribution in [0.3, 0.4) is 0 Å². The van der Waals surface area contributed by atoms with Gasteiger partial charge in [-0.15, -0.1) is 0 Å². The van der Waals surface area contributed by atoms with E-state index in [1.807, 2.05) is 13.8 Å². The average Bonchev–Trinajstić information content (AvgIpc) is 2.86. The predicted molar refractivity (Wildman–Crippen MR) is 129 cm³/mol. The van der Waals surface area contributed by atoms with Crippen LogP contribution >= 0.6 is 0 Å². The second-order valence-electron chi connectivity index (χ2n) is 7.69. The van der Waals surface area contributed by atoms with Crippen molar-refractivity contribution in [2.45, 2.75) is 31.6 Å². The van der Waals surface area contributed by atoms with Crippen molar-refractivity contribution in [1.29, 1.82) is 0 Å². The van der Waals surface area contributed by atoms with E-state index >= 15 is 0 Å². The summed E-state index contributed by atoms with van der Waals surface area (Å²) in [5.74, 6) is 0.871. The number of amides is 1. The number of hydrogen-bond acceptors (Lipinski definition) is 7. The van der Waals surface area contributed by atoms with Crippen molar-refractivity contribution >= 4 is 21.6 Å². The molecular formula is C24H32N2O7S. The van der Waals surface area contributed by atoms with Gasteiger partial charge in [0, 0.05) is 30.4 Å². The summed E-state index contributed by atoms with van der Waals surface area (Å²) in [5, 5.41) is 2.81. The highest BCUT2D eigenvalue weighted by molar-refractivity contribution is 7.89. The topological polar surface area (TPSA) is 103 Å². The number of nitrogens with zero attached hydrogens (tertiary/aromatic N) is 1. The minimum absolute atomic E-state index is 0.0557. The van der Waals surface area contributed by atoms with E-state index in [-0.39, 0.29) is 29.3 Å². The van der Waals surface area contributed by atoms with Crippen LogP contribution in [-0.2, 0) is 14.8 Å². The first-order valence-corrected chi connectivity index (χ1v) is 12.8. The zero-order chi connectivity index (χ0) is 24.6. The Labute approximate surface area is 201 Å². The molecule has 0 aliphatic carbocycles. The number of ether oxygens (including phenoxy) is 4. The summed E-state index contributed by atoms with van der Waals surface area (Å²) in [7, 11) is -2.46. The van der Waals surface area contributed by atoms with Crippen LogP contribution in [0.1, 0.15) is 37.0 Å². The number of sulfonamides is 1. The van der Waals surface area contributed by atoms with E-state index in [1.165, 1.54) is 29.6 Å². The Balaban J connectivity index is 1.85. The lowest BCUT2D eigenvalue weighted by molar-refractivity contribution is 0.0729. The van der Waals surface area contributed by atoms with Gasteiger partial charge in [0.15, 0.2) is 11.5 Å². The minimum atomic E-state index is -3.85. The molecule has 0 aromatic heterocycles. The molecule has 9 nitrogen and oxygen atoms in total. The lowest BCUT2D eigenvalue weighted by Crippen LogP contribution is -2.40. The van der Waals surface area contributed by atoms with Crippen LogP contribution in [0.4, 0.5) is 5.69 Å². The van der Waals surface area contributed by atoms with E-state index in [0.717, 1.165) is 12.8 Å². The molecule has 0 radical (unpaired) electrons. The number of benzene rings is 2. The number of anilines is 1. The molecule has 1 N–H and O–H groups in total. The number of carbonyl (C=O) groups excluding carboxylic acids is 1. The van der Waals surface area contributed by atoms with E-state index in [2.05, 4.69) is 5.32 Å². The van der Waals surface area contributed by atoms with Crippen LogP contribution in [0.5, 0.6) is 17.2 Å². The molecule has 1 amide bonds. The quantitative estimate of drug-likeness (QED) is 0.512. The molecule has 1 fully saturated rings. The van der Waals surface area contributed by atoms with Gasteiger partial charge in [-0.3, -0.25) is 4.79 Å². The first-order chi connectivity index (χ1) is 16.4. The van der Waals surface area contributed by atoms with Crippen molar-refractivity contribution in [3.05, 3.63) is 42.0 Å². The Morgan fingerprint density at radius 2 is 1.62 bits per heavy atom. The van der Waals surface area contributed by atoms with Gasteiger partial charge >= 0.3 is 0 Å². The summed E-state index contributed by atoms with van der Waals surface area (Å²) in [5.41, 5.74) is 0.698. The number of rotatable bonds is 11. The van der Waals surface area contributed by atoms with Crippen molar-refractivity contribution in [3.8, 4) is 17.2 Å². The maximum Gasteiger partial charge on any atom is 0.255 e. The van der Waals surface area contributed by atoms with Crippen LogP contribution < -0.4 is 19.5 Å². The van der Waals surface area contributed by atoms with Crippen molar-refractivity contribution in [2.75, 3.05) is 51.9 Å². The van der Waals surface area contributed by atoms with Crippen LogP contribution in [0.15, 0.2) is 41.3 Å². The Bertz CT molecular complexity index is 1080. The van der Waals surface area contributed by atoms with Crippen LogP contribution in [-0.4, -0.2) is 65.3 Å². The summed E-state index contributed by atoms with van der Waals surface area (Å²) in [6.45, 7) is 6.23. The van der Waals surface area contributed by atoms with Gasteiger partial charge in [0.05, 0.1) is 33.5 Å². The highest BCUT2D eigenvalue weighted by Crippen LogP contribution is 2.32. The summed E-state index contributed by atoms with van der Waals surface area (Å²) in [6, 6.07) is 9.52. The second-order valence-corrected chi connectivity index (χ2v) is 9.60. The molecule has 2 aromatic carbocycles. The van der Waals surface area contributed by atoms with E-state index in [0.29, 0.717) is 43.6 Å². The zero-order valence-electron chi connectivity index (χ0n) is 19.8. The van der Waals surface area contributed by atoms with Crippen molar-refractivity contribution in [2.24, 2.45) is 0 Å². The fourth-order valence-corrected chi connectivity index (χ4v) is 4.98. The summed E-state index contributed by atoms with van der Waals surface area (Å²) in [4.78, 5) is 12.9. The SMILES string of the molecule is CCCOc1ccc(NC(=O)c2ccc(OC)c(S(=O)(=O)N3CCOCC3)c2)cc1OCCC. The first kappa shape index (κ1) is 25.8. The lowest BCUT2D eigenvalue weighted by Gasteiger charge is -2.26. The highest BCUT2D eigenvalue weighted by atomic mass is 32.2. The second kappa shape index (κ2) is 12.0. The molecule has 10 heteroatoms. The number of hydrogen-bond donors (Lipinski definition) is 1. The Morgan fingerprint density at radius 1 is 0.971 bits per heavy atom. The highest BCUT2D eigenvalue weighted by Gasteiger charge is 2.30. The zero-order valence-corrected chi connectivity index (χ0v) is 20.7. The fourth-order valence-electron chi connectivity index (χ4n) is 3.39. The number of morpholine rings is 1. The number of methoxy groups -OCH3 is 1. The maximum atomic E-state index is 13.2. The molecule has 0 bridgehead atoms. The summed E-state index contributed by atoms with van der Waals surface area (Å²) < 4.78 is 49.8. The van der Waals surface area contributed by atoms with Crippen molar-refractivity contribution in [1.82, 2.24) is 4.31 Å².